The minimum Gasteiger partial charge on any atom is -0.502 e. The molecule has 0 fully saturated rings. The number of nitro benzene ring substituents is 1. The van der Waals surface area contributed by atoms with Crippen molar-refractivity contribution in [3.8, 4) is 11.8 Å². The molecule has 2 aromatic carbocycles. The lowest BCUT2D eigenvalue weighted by atomic mass is 10.0. The van der Waals surface area contributed by atoms with Crippen molar-refractivity contribution < 1.29 is 10.0 Å². The Bertz CT molecular complexity index is 756. The maximum atomic E-state index is 10.8. The number of aryl methyl sites for hydroxylation is 1. The van der Waals surface area contributed by atoms with Crippen LogP contribution in [0.25, 0.3) is 11.6 Å². The molecule has 2 aromatic rings. The van der Waals surface area contributed by atoms with Gasteiger partial charge in [-0.15, -0.1) is 0 Å². The second kappa shape index (κ2) is 5.88. The fraction of sp³-hybridized carbons (Fsp3) is 0.0625. The molecule has 0 unspecified atom stereocenters. The number of aromatic hydroxyl groups is 1. The first kappa shape index (κ1) is 14.3. The fourth-order valence-electron chi connectivity index (χ4n) is 1.86. The zero-order valence-corrected chi connectivity index (χ0v) is 11.3. The Kier molecular flexibility index (Phi) is 4.00. The third-order valence-electron chi connectivity index (χ3n) is 2.99. The SMILES string of the molecule is Cc1ccc(/C(C#N)=C/c2ccc(O)c([N+](=O)[O-])c2)cc1. The van der Waals surface area contributed by atoms with E-state index in [4.69, 9.17) is 0 Å². The zero-order valence-electron chi connectivity index (χ0n) is 11.3. The second-order valence-corrected chi connectivity index (χ2v) is 4.54. The zero-order chi connectivity index (χ0) is 15.4. The Morgan fingerprint density at radius 3 is 2.52 bits per heavy atom. The van der Waals surface area contributed by atoms with Crippen LogP contribution in [0.3, 0.4) is 0 Å². The van der Waals surface area contributed by atoms with Crippen LogP contribution in [0.1, 0.15) is 16.7 Å². The van der Waals surface area contributed by atoms with Crippen LogP contribution in [0.4, 0.5) is 5.69 Å². The monoisotopic (exact) mass is 280 g/mol. The molecule has 0 aromatic heterocycles. The van der Waals surface area contributed by atoms with E-state index in [1.807, 2.05) is 31.2 Å². The summed E-state index contributed by atoms with van der Waals surface area (Å²) in [5.74, 6) is -0.397. The molecule has 0 aliphatic carbocycles. The predicted octanol–water partition coefficient (Wildman–Crippen LogP) is 3.67. The van der Waals surface area contributed by atoms with Crippen molar-refractivity contribution in [1.29, 1.82) is 5.26 Å². The lowest BCUT2D eigenvalue weighted by Crippen LogP contribution is -1.89. The molecular weight excluding hydrogens is 268 g/mol. The quantitative estimate of drug-likeness (QED) is 0.402. The highest BCUT2D eigenvalue weighted by Crippen LogP contribution is 2.28. The number of allylic oxidation sites excluding steroid dienone is 1. The number of phenols is 1. The van der Waals surface area contributed by atoms with Gasteiger partial charge in [-0.1, -0.05) is 35.9 Å². The van der Waals surface area contributed by atoms with E-state index in [-0.39, 0.29) is 5.69 Å². The fourth-order valence-corrected chi connectivity index (χ4v) is 1.86. The van der Waals surface area contributed by atoms with Crippen LogP contribution in [-0.4, -0.2) is 10.0 Å². The van der Waals surface area contributed by atoms with Crippen molar-refractivity contribution >= 4 is 17.3 Å². The highest BCUT2D eigenvalue weighted by atomic mass is 16.6. The van der Waals surface area contributed by atoms with Crippen molar-refractivity contribution in [2.75, 3.05) is 0 Å². The van der Waals surface area contributed by atoms with Crippen LogP contribution in [0, 0.1) is 28.4 Å². The van der Waals surface area contributed by atoms with E-state index >= 15 is 0 Å². The number of hydrogen-bond donors (Lipinski definition) is 1. The van der Waals surface area contributed by atoms with Crippen molar-refractivity contribution in [2.45, 2.75) is 6.92 Å². The van der Waals surface area contributed by atoms with Gasteiger partial charge in [-0.3, -0.25) is 10.1 Å². The molecule has 0 radical (unpaired) electrons. The van der Waals surface area contributed by atoms with Gasteiger partial charge in [0.1, 0.15) is 0 Å². The lowest BCUT2D eigenvalue weighted by Gasteiger charge is -2.02. The largest absolute Gasteiger partial charge is 0.502 e. The second-order valence-electron chi connectivity index (χ2n) is 4.54. The van der Waals surface area contributed by atoms with E-state index < -0.39 is 10.7 Å². The Morgan fingerprint density at radius 1 is 1.29 bits per heavy atom. The Morgan fingerprint density at radius 2 is 1.95 bits per heavy atom. The van der Waals surface area contributed by atoms with Crippen molar-refractivity contribution in [3.63, 3.8) is 0 Å². The molecule has 5 nitrogen and oxygen atoms in total. The van der Waals surface area contributed by atoms with Gasteiger partial charge in [-0.05, 0) is 30.2 Å². The van der Waals surface area contributed by atoms with E-state index in [9.17, 15) is 20.5 Å². The van der Waals surface area contributed by atoms with Gasteiger partial charge in [-0.2, -0.15) is 5.26 Å². The number of benzene rings is 2. The topological polar surface area (TPSA) is 87.2 Å². The highest BCUT2D eigenvalue weighted by Gasteiger charge is 2.13. The maximum Gasteiger partial charge on any atom is 0.311 e. The van der Waals surface area contributed by atoms with E-state index in [2.05, 4.69) is 6.07 Å². The number of nitriles is 1. The molecule has 0 atom stereocenters. The van der Waals surface area contributed by atoms with E-state index in [0.717, 1.165) is 11.1 Å². The predicted molar refractivity (Wildman–Crippen MR) is 79.4 cm³/mol. The molecule has 0 aliphatic heterocycles. The van der Waals surface area contributed by atoms with Gasteiger partial charge in [0.15, 0.2) is 5.75 Å². The minimum atomic E-state index is -0.662. The third kappa shape index (κ3) is 3.25. The van der Waals surface area contributed by atoms with Gasteiger partial charge in [0.2, 0.25) is 0 Å². The maximum absolute atomic E-state index is 10.8. The summed E-state index contributed by atoms with van der Waals surface area (Å²) < 4.78 is 0. The van der Waals surface area contributed by atoms with Gasteiger partial charge in [-0.25, -0.2) is 0 Å². The first-order valence-corrected chi connectivity index (χ1v) is 6.17. The van der Waals surface area contributed by atoms with E-state index in [1.165, 1.54) is 18.2 Å². The molecule has 0 bridgehead atoms. The van der Waals surface area contributed by atoms with E-state index in [1.54, 1.807) is 6.08 Å². The number of rotatable bonds is 3. The summed E-state index contributed by atoms with van der Waals surface area (Å²) in [4.78, 5) is 10.1. The highest BCUT2D eigenvalue weighted by molar-refractivity contribution is 5.90. The van der Waals surface area contributed by atoms with Crippen LogP contribution >= 0.6 is 0 Å². The van der Waals surface area contributed by atoms with Gasteiger partial charge in [0.25, 0.3) is 0 Å². The molecule has 5 heteroatoms. The molecule has 0 aliphatic rings. The molecule has 0 saturated heterocycles. The average molecular weight is 280 g/mol. The molecule has 21 heavy (non-hydrogen) atoms. The molecule has 0 spiro atoms. The summed E-state index contributed by atoms with van der Waals surface area (Å²) in [7, 11) is 0. The number of hydrogen-bond acceptors (Lipinski definition) is 4. The molecule has 0 heterocycles. The van der Waals surface area contributed by atoms with Gasteiger partial charge >= 0.3 is 5.69 Å². The van der Waals surface area contributed by atoms with Gasteiger partial charge in [0.05, 0.1) is 16.6 Å². The summed E-state index contributed by atoms with van der Waals surface area (Å²) in [6.45, 7) is 1.95. The first-order valence-electron chi connectivity index (χ1n) is 6.17. The summed E-state index contributed by atoms with van der Waals surface area (Å²) in [6, 6.07) is 13.5. The summed E-state index contributed by atoms with van der Waals surface area (Å²) in [6.07, 6.45) is 1.55. The smallest absolute Gasteiger partial charge is 0.311 e. The van der Waals surface area contributed by atoms with Crippen molar-refractivity contribution in [2.24, 2.45) is 0 Å². The van der Waals surface area contributed by atoms with Crippen LogP contribution in [-0.2, 0) is 0 Å². The number of nitro groups is 1. The Labute approximate surface area is 121 Å². The molecule has 0 saturated carbocycles. The van der Waals surface area contributed by atoms with Gasteiger partial charge < -0.3 is 5.11 Å². The van der Waals surface area contributed by atoms with Gasteiger partial charge in [0, 0.05) is 6.07 Å². The molecule has 1 N–H and O–H groups in total. The number of phenolic OH excluding ortho intramolecular Hbond substituents is 1. The summed E-state index contributed by atoms with van der Waals surface area (Å²) >= 11 is 0. The van der Waals surface area contributed by atoms with Crippen LogP contribution < -0.4 is 0 Å². The molecular formula is C16H12N2O3. The first-order chi connectivity index (χ1) is 10.0. The lowest BCUT2D eigenvalue weighted by molar-refractivity contribution is -0.385. The molecule has 104 valence electrons. The van der Waals surface area contributed by atoms with Crippen LogP contribution in [0.15, 0.2) is 42.5 Å². The van der Waals surface area contributed by atoms with Crippen molar-refractivity contribution in [1.82, 2.24) is 0 Å². The average Bonchev–Trinajstić information content (AvgIpc) is 2.47. The normalized spacial score (nSPS) is 11.0. The number of nitrogens with zero attached hydrogens (tertiary/aromatic N) is 2. The Hall–Kier alpha value is -3.13. The standard InChI is InChI=1S/C16H12N2O3/c1-11-2-5-13(6-3-11)14(10-17)8-12-4-7-16(19)15(9-12)18(20)21/h2-9,19H,1H3/b14-8+. The van der Waals surface area contributed by atoms with E-state index in [0.29, 0.717) is 11.1 Å². The van der Waals surface area contributed by atoms with Crippen LogP contribution in [0.2, 0.25) is 0 Å². The van der Waals surface area contributed by atoms with Crippen LogP contribution in [0.5, 0.6) is 5.75 Å². The summed E-state index contributed by atoms with van der Waals surface area (Å²) in [5.41, 5.74) is 2.31. The minimum absolute atomic E-state index is 0.384. The molecule has 0 amide bonds. The third-order valence-corrected chi connectivity index (χ3v) is 2.99. The molecule has 2 rings (SSSR count). The Balaban J connectivity index is 2.46. The van der Waals surface area contributed by atoms with Crippen molar-refractivity contribution in [3.05, 3.63) is 69.3 Å². The summed E-state index contributed by atoms with van der Waals surface area (Å²) in [5, 5.41) is 29.5.